The van der Waals surface area contributed by atoms with Crippen molar-refractivity contribution in [3.05, 3.63) is 0 Å². The summed E-state index contributed by atoms with van der Waals surface area (Å²) in [7, 11) is -2.30. The highest BCUT2D eigenvalue weighted by Gasteiger charge is 2.49. The Labute approximate surface area is 126 Å². The van der Waals surface area contributed by atoms with E-state index in [1.807, 2.05) is 13.8 Å². The van der Waals surface area contributed by atoms with Crippen LogP contribution in [0.1, 0.15) is 46.5 Å². The van der Waals surface area contributed by atoms with Crippen LogP contribution in [-0.2, 0) is 24.2 Å². The molecule has 2 unspecified atom stereocenters. The van der Waals surface area contributed by atoms with Crippen molar-refractivity contribution in [2.45, 2.75) is 57.7 Å². The highest BCUT2D eigenvalue weighted by molar-refractivity contribution is 7.92. The molecule has 1 amide bonds. The van der Waals surface area contributed by atoms with E-state index in [9.17, 15) is 18.0 Å². The van der Waals surface area contributed by atoms with Crippen molar-refractivity contribution in [3.8, 4) is 0 Å². The molecule has 2 atom stereocenters. The highest BCUT2D eigenvalue weighted by Crippen LogP contribution is 2.50. The van der Waals surface area contributed by atoms with Crippen molar-refractivity contribution in [3.63, 3.8) is 0 Å². The Morgan fingerprint density at radius 2 is 1.86 bits per heavy atom. The van der Waals surface area contributed by atoms with Gasteiger partial charge in [0.2, 0.25) is 5.91 Å². The number of esters is 1. The second-order valence-electron chi connectivity index (χ2n) is 6.02. The Morgan fingerprint density at radius 3 is 2.29 bits per heavy atom. The molecule has 21 heavy (non-hydrogen) atoms. The monoisotopic (exact) mass is 319 g/mol. The molecule has 1 N–H and O–H groups in total. The Morgan fingerprint density at radius 1 is 1.29 bits per heavy atom. The number of methoxy groups -OCH3 is 1. The molecule has 0 aromatic rings. The Bertz CT molecular complexity index is 495. The minimum Gasteiger partial charge on any atom is -0.469 e. The molecule has 0 spiro atoms. The van der Waals surface area contributed by atoms with Gasteiger partial charge in [-0.1, -0.05) is 6.92 Å². The van der Waals surface area contributed by atoms with Crippen molar-refractivity contribution in [2.75, 3.05) is 12.9 Å². The van der Waals surface area contributed by atoms with Gasteiger partial charge in [-0.3, -0.25) is 9.59 Å². The van der Waals surface area contributed by atoms with Crippen LogP contribution in [-0.4, -0.2) is 44.4 Å². The quantitative estimate of drug-likeness (QED) is 0.675. The molecule has 1 aliphatic rings. The summed E-state index contributed by atoms with van der Waals surface area (Å²) in [4.78, 5) is 23.3. The molecule has 1 fully saturated rings. The number of carbonyl (C=O) groups excluding carboxylic acids is 2. The second kappa shape index (κ2) is 6.77. The van der Waals surface area contributed by atoms with Crippen LogP contribution in [0.15, 0.2) is 0 Å². The fourth-order valence-electron chi connectivity index (χ4n) is 2.10. The zero-order valence-electron chi connectivity index (χ0n) is 13.1. The molecule has 1 aliphatic carbocycles. The van der Waals surface area contributed by atoms with E-state index in [0.717, 1.165) is 6.42 Å². The molecular weight excluding hydrogens is 294 g/mol. The van der Waals surface area contributed by atoms with Crippen molar-refractivity contribution < 1.29 is 22.7 Å². The molecule has 0 aliphatic heterocycles. The maximum absolute atomic E-state index is 12.4. The van der Waals surface area contributed by atoms with Crippen molar-refractivity contribution >= 4 is 21.7 Å². The minimum atomic E-state index is -3.58. The van der Waals surface area contributed by atoms with E-state index in [2.05, 4.69) is 10.1 Å². The number of hydrogen-bond donors (Lipinski definition) is 1. The van der Waals surface area contributed by atoms with Crippen molar-refractivity contribution in [2.24, 2.45) is 5.41 Å². The first kappa shape index (κ1) is 17.9. The average Bonchev–Trinajstić information content (AvgIpc) is 3.15. The molecule has 0 aromatic heterocycles. The number of nitrogens with one attached hydrogen (secondary N) is 1. The van der Waals surface area contributed by atoms with Crippen LogP contribution in [0.2, 0.25) is 0 Å². The SMILES string of the molecule is CCC(C)NC(=O)C(C)S(=O)(=O)CC1(CC(=O)OC)CC1. The van der Waals surface area contributed by atoms with Crippen molar-refractivity contribution in [1.29, 1.82) is 0 Å². The molecule has 1 rings (SSSR count). The van der Waals surface area contributed by atoms with Crippen molar-refractivity contribution in [1.82, 2.24) is 5.32 Å². The van der Waals surface area contributed by atoms with Gasteiger partial charge < -0.3 is 10.1 Å². The lowest BCUT2D eigenvalue weighted by Gasteiger charge is -2.19. The summed E-state index contributed by atoms with van der Waals surface area (Å²) in [6, 6.07) is -0.0555. The van der Waals surface area contributed by atoms with E-state index >= 15 is 0 Å². The number of carbonyl (C=O) groups is 2. The van der Waals surface area contributed by atoms with Gasteiger partial charge in [-0.2, -0.15) is 0 Å². The van der Waals surface area contributed by atoms with E-state index < -0.39 is 32.4 Å². The van der Waals surface area contributed by atoms with E-state index in [1.54, 1.807) is 0 Å². The molecule has 0 saturated heterocycles. The first-order valence-electron chi connectivity index (χ1n) is 7.24. The summed E-state index contributed by atoms with van der Waals surface area (Å²) < 4.78 is 29.3. The Kier molecular flexibility index (Phi) is 5.78. The summed E-state index contributed by atoms with van der Waals surface area (Å²) >= 11 is 0. The largest absolute Gasteiger partial charge is 0.469 e. The number of ether oxygens (including phenoxy) is 1. The fraction of sp³-hybridized carbons (Fsp3) is 0.857. The Hall–Kier alpha value is -1.11. The van der Waals surface area contributed by atoms with Crippen LogP contribution in [0, 0.1) is 5.41 Å². The van der Waals surface area contributed by atoms with Gasteiger partial charge in [0.25, 0.3) is 0 Å². The topological polar surface area (TPSA) is 89.5 Å². The smallest absolute Gasteiger partial charge is 0.306 e. The van der Waals surface area contributed by atoms with Gasteiger partial charge in [0.05, 0.1) is 19.3 Å². The molecule has 6 nitrogen and oxygen atoms in total. The fourth-order valence-corrected chi connectivity index (χ4v) is 3.99. The van der Waals surface area contributed by atoms with E-state index in [4.69, 9.17) is 0 Å². The van der Waals surface area contributed by atoms with Gasteiger partial charge >= 0.3 is 5.97 Å². The molecular formula is C14H25NO5S. The van der Waals surface area contributed by atoms with Crippen LogP contribution < -0.4 is 5.32 Å². The molecule has 1 saturated carbocycles. The third-order valence-electron chi connectivity index (χ3n) is 4.12. The summed E-state index contributed by atoms with van der Waals surface area (Å²) in [6.07, 6.45) is 2.20. The number of amides is 1. The van der Waals surface area contributed by atoms with Gasteiger partial charge in [-0.05, 0) is 38.5 Å². The van der Waals surface area contributed by atoms with Gasteiger partial charge in [-0.25, -0.2) is 8.42 Å². The lowest BCUT2D eigenvalue weighted by molar-refractivity contribution is -0.141. The zero-order valence-corrected chi connectivity index (χ0v) is 14.0. The number of rotatable bonds is 8. The number of sulfone groups is 1. The Balaban J connectivity index is 2.68. The predicted octanol–water partition coefficient (Wildman–Crippen LogP) is 1.05. The molecule has 0 aromatic carbocycles. The van der Waals surface area contributed by atoms with Crippen LogP contribution >= 0.6 is 0 Å². The van der Waals surface area contributed by atoms with Crippen LogP contribution in [0.5, 0.6) is 0 Å². The minimum absolute atomic E-state index is 0.0555. The van der Waals surface area contributed by atoms with E-state index in [1.165, 1.54) is 14.0 Å². The van der Waals surface area contributed by atoms with Gasteiger partial charge in [0, 0.05) is 6.04 Å². The van der Waals surface area contributed by atoms with E-state index in [-0.39, 0.29) is 18.2 Å². The van der Waals surface area contributed by atoms with E-state index in [0.29, 0.717) is 12.8 Å². The summed E-state index contributed by atoms with van der Waals surface area (Å²) in [5.41, 5.74) is -0.531. The standard InChI is InChI=1S/C14H25NO5S/c1-5-10(2)15-13(17)11(3)21(18,19)9-14(6-7-14)8-12(16)20-4/h10-11H,5-9H2,1-4H3,(H,15,17). The van der Waals surface area contributed by atoms with Crippen LogP contribution in [0.25, 0.3) is 0 Å². The normalized spacial score (nSPS) is 19.4. The first-order valence-corrected chi connectivity index (χ1v) is 8.96. The molecule has 122 valence electrons. The molecule has 0 bridgehead atoms. The maximum atomic E-state index is 12.4. The summed E-state index contributed by atoms with van der Waals surface area (Å²) in [5, 5.41) is 1.59. The highest BCUT2D eigenvalue weighted by atomic mass is 32.2. The third kappa shape index (κ3) is 4.98. The first-order chi connectivity index (χ1) is 9.65. The van der Waals surface area contributed by atoms with Gasteiger partial charge in [0.1, 0.15) is 5.25 Å². The predicted molar refractivity (Wildman–Crippen MR) is 79.4 cm³/mol. The molecule has 7 heteroatoms. The maximum Gasteiger partial charge on any atom is 0.306 e. The average molecular weight is 319 g/mol. The summed E-state index contributed by atoms with van der Waals surface area (Å²) in [6.45, 7) is 5.15. The third-order valence-corrected chi connectivity index (χ3v) is 6.43. The van der Waals surface area contributed by atoms with Gasteiger partial charge in [0.15, 0.2) is 9.84 Å². The number of hydrogen-bond acceptors (Lipinski definition) is 5. The zero-order chi connectivity index (χ0) is 16.3. The lowest BCUT2D eigenvalue weighted by atomic mass is 10.1. The second-order valence-corrected chi connectivity index (χ2v) is 8.34. The molecule has 0 heterocycles. The van der Waals surface area contributed by atoms with Crippen LogP contribution in [0.4, 0.5) is 0 Å². The summed E-state index contributed by atoms with van der Waals surface area (Å²) in [5.74, 6) is -1.01. The molecule has 0 radical (unpaired) electrons. The lowest BCUT2D eigenvalue weighted by Crippen LogP contribution is -2.43. The van der Waals surface area contributed by atoms with Gasteiger partial charge in [-0.15, -0.1) is 0 Å². The van der Waals surface area contributed by atoms with Crippen LogP contribution in [0.3, 0.4) is 0 Å².